The van der Waals surface area contributed by atoms with E-state index in [-0.39, 0.29) is 19.6 Å². The molecule has 11 heteroatoms. The van der Waals surface area contributed by atoms with Crippen molar-refractivity contribution in [1.82, 2.24) is 0 Å². The summed E-state index contributed by atoms with van der Waals surface area (Å²) in [5.41, 5.74) is 0. The van der Waals surface area contributed by atoms with E-state index in [1.54, 1.807) is 12.2 Å². The van der Waals surface area contributed by atoms with Gasteiger partial charge in [-0.2, -0.15) is 0 Å². The van der Waals surface area contributed by atoms with Gasteiger partial charge in [0.05, 0.1) is 33.9 Å². The fourth-order valence-electron chi connectivity index (χ4n) is 3.49. The number of carbonyl (C=O) groups is 2. The Morgan fingerprint density at radius 2 is 1.63 bits per heavy atom. The Bertz CT molecular complexity index is 836. The molecule has 0 radical (unpaired) electrons. The third-order valence-corrected chi connectivity index (χ3v) is 6.81. The third-order valence-electron chi connectivity index (χ3n) is 5.83. The van der Waals surface area contributed by atoms with Crippen molar-refractivity contribution in [3.63, 3.8) is 0 Å². The van der Waals surface area contributed by atoms with Crippen LogP contribution in [0.25, 0.3) is 0 Å². The van der Waals surface area contributed by atoms with Gasteiger partial charge in [-0.1, -0.05) is 75.5 Å². The number of ether oxygens (including phenoxy) is 2. The van der Waals surface area contributed by atoms with E-state index in [1.807, 2.05) is 33.3 Å². The number of aliphatic hydroxyl groups is 1. The molecule has 41 heavy (non-hydrogen) atoms. The van der Waals surface area contributed by atoms with Crippen LogP contribution in [-0.4, -0.2) is 86.1 Å². The average Bonchev–Trinajstić information content (AvgIpc) is 2.87. The molecule has 3 atom stereocenters. The quantitative estimate of drug-likeness (QED) is 0.0340. The van der Waals surface area contributed by atoms with Gasteiger partial charge in [-0.25, -0.2) is 4.57 Å². The van der Waals surface area contributed by atoms with Crippen molar-refractivity contribution in [1.29, 1.82) is 0 Å². The van der Waals surface area contributed by atoms with E-state index in [0.29, 0.717) is 23.9 Å². The standard InChI is InChI=1S/C30H54NO9P/c1-6-7-8-9-10-11-12-13-14-15-16-17-18-20-28(33)21-19-22-30(34)37-25-29(40-27(2)32)26-39-41(35,36)38-24-23-31(3,4)5/h13-14,16-18,20,28-29,33H,6-12,15,19,21-26H2,1-5H3/p+1/b14-13+,17-16+,20-18+/t28?,29-/m1/s1. The summed E-state index contributed by atoms with van der Waals surface area (Å²) < 4.78 is 32.6. The summed E-state index contributed by atoms with van der Waals surface area (Å²) in [5, 5.41) is 10.1. The van der Waals surface area contributed by atoms with Crippen molar-refractivity contribution in [3.8, 4) is 0 Å². The second-order valence-corrected chi connectivity index (χ2v) is 12.5. The molecule has 0 aliphatic carbocycles. The number of hydrogen-bond donors (Lipinski definition) is 2. The highest BCUT2D eigenvalue weighted by Crippen LogP contribution is 2.43. The molecule has 0 fully saturated rings. The zero-order chi connectivity index (χ0) is 31.0. The number of likely N-dealkylation sites (N-methyl/N-ethyl adjacent to an activating group) is 1. The van der Waals surface area contributed by atoms with Gasteiger partial charge in [-0.05, 0) is 32.1 Å². The van der Waals surface area contributed by atoms with E-state index in [9.17, 15) is 24.2 Å². The van der Waals surface area contributed by atoms with Gasteiger partial charge in [-0.3, -0.25) is 18.6 Å². The average molecular weight is 605 g/mol. The van der Waals surface area contributed by atoms with Crippen LogP contribution < -0.4 is 0 Å². The summed E-state index contributed by atoms with van der Waals surface area (Å²) in [6.45, 7) is 3.07. The normalized spacial score (nSPS) is 15.4. The lowest BCUT2D eigenvalue weighted by molar-refractivity contribution is -0.870. The monoisotopic (exact) mass is 604 g/mol. The van der Waals surface area contributed by atoms with E-state index >= 15 is 0 Å². The molecule has 0 saturated heterocycles. The molecule has 0 saturated carbocycles. The lowest BCUT2D eigenvalue weighted by atomic mass is 10.1. The summed E-state index contributed by atoms with van der Waals surface area (Å²) >= 11 is 0. The van der Waals surface area contributed by atoms with Crippen molar-refractivity contribution < 1.29 is 47.2 Å². The van der Waals surface area contributed by atoms with Crippen LogP contribution in [0.4, 0.5) is 0 Å². The Labute approximate surface area is 247 Å². The van der Waals surface area contributed by atoms with Gasteiger partial charge in [0.15, 0.2) is 6.10 Å². The summed E-state index contributed by atoms with van der Waals surface area (Å²) in [6, 6.07) is 0. The predicted octanol–water partition coefficient (Wildman–Crippen LogP) is 5.64. The summed E-state index contributed by atoms with van der Waals surface area (Å²) in [6.07, 6.45) is 20.6. The van der Waals surface area contributed by atoms with Crippen molar-refractivity contribution in [2.45, 2.75) is 96.7 Å². The minimum atomic E-state index is -4.36. The van der Waals surface area contributed by atoms with Gasteiger partial charge in [0, 0.05) is 13.3 Å². The van der Waals surface area contributed by atoms with Crippen LogP contribution in [0, 0.1) is 0 Å². The number of carbonyl (C=O) groups excluding carboxylic acids is 2. The summed E-state index contributed by atoms with van der Waals surface area (Å²) in [4.78, 5) is 33.3. The highest BCUT2D eigenvalue weighted by Gasteiger charge is 2.26. The Kier molecular flexibility index (Phi) is 22.7. The molecule has 2 N–H and O–H groups in total. The maximum atomic E-state index is 12.1. The fourth-order valence-corrected chi connectivity index (χ4v) is 4.23. The number of esters is 2. The van der Waals surface area contributed by atoms with E-state index in [0.717, 1.165) is 12.8 Å². The number of nitrogens with zero attached hydrogens (tertiary/aromatic N) is 1. The van der Waals surface area contributed by atoms with Gasteiger partial charge < -0.3 is 24.0 Å². The van der Waals surface area contributed by atoms with Crippen LogP contribution in [0.5, 0.6) is 0 Å². The lowest BCUT2D eigenvalue weighted by Gasteiger charge is -2.24. The topological polar surface area (TPSA) is 129 Å². The van der Waals surface area contributed by atoms with Crippen LogP contribution >= 0.6 is 7.82 Å². The van der Waals surface area contributed by atoms with Crippen molar-refractivity contribution in [3.05, 3.63) is 36.5 Å². The van der Waals surface area contributed by atoms with Gasteiger partial charge in [0.25, 0.3) is 0 Å². The zero-order valence-electron chi connectivity index (χ0n) is 25.9. The Balaban J connectivity index is 4.17. The number of aliphatic hydroxyl groups excluding tert-OH is 1. The Hall–Kier alpha value is -1.81. The van der Waals surface area contributed by atoms with Crippen molar-refractivity contribution in [2.24, 2.45) is 0 Å². The van der Waals surface area contributed by atoms with Crippen molar-refractivity contribution >= 4 is 19.8 Å². The first-order chi connectivity index (χ1) is 19.3. The molecule has 0 bridgehead atoms. The van der Waals surface area contributed by atoms with Gasteiger partial charge in [-0.15, -0.1) is 0 Å². The maximum absolute atomic E-state index is 12.1. The molecule has 0 amide bonds. The number of phosphoric ester groups is 1. The van der Waals surface area contributed by atoms with E-state index < -0.39 is 38.6 Å². The molecule has 0 aromatic heterocycles. The van der Waals surface area contributed by atoms with E-state index in [2.05, 4.69) is 19.1 Å². The summed E-state index contributed by atoms with van der Waals surface area (Å²) in [5.74, 6) is -1.20. The number of rotatable bonds is 25. The van der Waals surface area contributed by atoms with Gasteiger partial charge in [0.2, 0.25) is 0 Å². The molecule has 0 aliphatic heterocycles. The first-order valence-electron chi connectivity index (χ1n) is 14.8. The molecule has 0 spiro atoms. The second kappa shape index (κ2) is 23.7. The molecule has 0 aliphatic rings. The highest BCUT2D eigenvalue weighted by molar-refractivity contribution is 7.47. The van der Waals surface area contributed by atoms with Gasteiger partial charge in [0.1, 0.15) is 19.8 Å². The molecule has 0 heterocycles. The third kappa shape index (κ3) is 28.1. The molecule has 0 aromatic rings. The molecule has 0 aromatic carbocycles. The summed E-state index contributed by atoms with van der Waals surface area (Å²) in [7, 11) is 1.36. The van der Waals surface area contributed by atoms with Crippen LogP contribution in [0.15, 0.2) is 36.5 Å². The SMILES string of the molecule is CCCCCCCC/C=C/C/C=C/C=C/C(O)CCCC(=O)OC[C@H](COP(=O)(O)OCC[N+](C)(C)C)OC(C)=O. The number of quaternary nitrogens is 1. The smallest absolute Gasteiger partial charge is 0.462 e. The van der Waals surface area contributed by atoms with Crippen molar-refractivity contribution in [2.75, 3.05) is 47.5 Å². The highest BCUT2D eigenvalue weighted by atomic mass is 31.2. The van der Waals surface area contributed by atoms with Crippen LogP contribution in [0.1, 0.15) is 84.5 Å². The first-order valence-corrected chi connectivity index (χ1v) is 16.3. The minimum Gasteiger partial charge on any atom is -0.462 e. The Morgan fingerprint density at radius 3 is 2.32 bits per heavy atom. The Morgan fingerprint density at radius 1 is 0.927 bits per heavy atom. The molecule has 2 unspecified atom stereocenters. The van der Waals surface area contributed by atoms with Crippen LogP contribution in [-0.2, 0) is 32.7 Å². The molecular weight excluding hydrogens is 549 g/mol. The molecule has 10 nitrogen and oxygen atoms in total. The lowest BCUT2D eigenvalue weighted by Crippen LogP contribution is -2.37. The first kappa shape index (κ1) is 39.2. The number of phosphoric acid groups is 1. The van der Waals surface area contributed by atoms with Gasteiger partial charge >= 0.3 is 19.8 Å². The second-order valence-electron chi connectivity index (χ2n) is 11.1. The number of hydrogen-bond acceptors (Lipinski definition) is 8. The minimum absolute atomic E-state index is 0.00146. The predicted molar refractivity (Wildman–Crippen MR) is 161 cm³/mol. The zero-order valence-corrected chi connectivity index (χ0v) is 26.8. The molecule has 0 rings (SSSR count). The largest absolute Gasteiger partial charge is 0.472 e. The molecular formula is C30H55NO9P+. The number of unbranched alkanes of at least 4 members (excludes halogenated alkanes) is 6. The fraction of sp³-hybridized carbons (Fsp3) is 0.733. The van der Waals surface area contributed by atoms with Crippen LogP contribution in [0.3, 0.4) is 0 Å². The maximum Gasteiger partial charge on any atom is 0.472 e. The van der Waals surface area contributed by atoms with E-state index in [1.165, 1.54) is 45.4 Å². The van der Waals surface area contributed by atoms with Crippen LogP contribution in [0.2, 0.25) is 0 Å². The number of allylic oxidation sites excluding steroid dienone is 5. The van der Waals surface area contributed by atoms with E-state index in [4.69, 9.17) is 18.5 Å². The molecule has 238 valence electrons.